The maximum absolute atomic E-state index is 12.7. The number of carboxylic acid groups (broad SMARTS) is 1. The normalized spacial score (nSPS) is 27.3. The summed E-state index contributed by atoms with van der Waals surface area (Å²) in [6, 6.07) is 5.11. The fourth-order valence-electron chi connectivity index (χ4n) is 3.34. The van der Waals surface area contributed by atoms with E-state index < -0.39 is 17.9 Å². The highest BCUT2D eigenvalue weighted by molar-refractivity contribution is 6.36. The van der Waals surface area contributed by atoms with Gasteiger partial charge in [0.2, 0.25) is 0 Å². The Kier molecular flexibility index (Phi) is 2.96. The zero-order valence-corrected chi connectivity index (χ0v) is 12.8. The number of ketones is 1. The fraction of sp³-hybridized carbons (Fsp3) is 0.167. The van der Waals surface area contributed by atoms with Crippen molar-refractivity contribution in [2.75, 3.05) is 5.32 Å². The van der Waals surface area contributed by atoms with Gasteiger partial charge in [-0.1, -0.05) is 24.3 Å². The van der Waals surface area contributed by atoms with Crippen molar-refractivity contribution in [2.45, 2.75) is 13.0 Å². The topological polar surface area (TPSA) is 95.5 Å². The van der Waals surface area contributed by atoms with Crippen molar-refractivity contribution in [1.82, 2.24) is 5.32 Å². The second-order valence-corrected chi connectivity index (χ2v) is 6.10. The molecule has 2 atom stereocenters. The number of anilines is 1. The first kappa shape index (κ1) is 14.4. The van der Waals surface area contributed by atoms with E-state index in [0.717, 1.165) is 5.56 Å². The minimum Gasteiger partial charge on any atom is -0.478 e. The molecule has 6 heteroatoms. The molecule has 3 aliphatic rings. The molecule has 2 unspecified atom stereocenters. The summed E-state index contributed by atoms with van der Waals surface area (Å²) < 4.78 is 0. The monoisotopic (exact) mass is 322 g/mol. The lowest BCUT2D eigenvalue weighted by atomic mass is 9.90. The van der Waals surface area contributed by atoms with Crippen LogP contribution in [-0.4, -0.2) is 28.8 Å². The van der Waals surface area contributed by atoms with E-state index in [-0.39, 0.29) is 23.0 Å². The summed E-state index contributed by atoms with van der Waals surface area (Å²) in [5.41, 5.74) is 3.09. The van der Waals surface area contributed by atoms with E-state index in [1.54, 1.807) is 6.08 Å². The van der Waals surface area contributed by atoms with Gasteiger partial charge in [-0.25, -0.2) is 4.79 Å². The van der Waals surface area contributed by atoms with Gasteiger partial charge in [0.25, 0.3) is 5.91 Å². The van der Waals surface area contributed by atoms with Crippen molar-refractivity contribution in [3.8, 4) is 0 Å². The van der Waals surface area contributed by atoms with Crippen LogP contribution in [0.25, 0.3) is 5.57 Å². The first-order chi connectivity index (χ1) is 11.5. The van der Waals surface area contributed by atoms with E-state index in [4.69, 9.17) is 5.11 Å². The van der Waals surface area contributed by atoms with Crippen LogP contribution in [0.3, 0.4) is 0 Å². The Bertz CT molecular complexity index is 908. The Hall–Kier alpha value is -3.15. The number of rotatable bonds is 1. The van der Waals surface area contributed by atoms with Gasteiger partial charge < -0.3 is 15.7 Å². The van der Waals surface area contributed by atoms with Gasteiger partial charge in [0.1, 0.15) is 0 Å². The number of fused-ring (bicyclic) bond motifs is 2. The summed E-state index contributed by atoms with van der Waals surface area (Å²) in [6.45, 7) is 1.92. The van der Waals surface area contributed by atoms with Gasteiger partial charge in [0, 0.05) is 11.3 Å². The number of hydrogen-bond acceptors (Lipinski definition) is 4. The third kappa shape index (κ3) is 2.00. The fourth-order valence-corrected chi connectivity index (χ4v) is 3.34. The Morgan fingerprint density at radius 2 is 2.04 bits per heavy atom. The number of carbonyl (C=O) groups excluding carboxylic acids is 2. The number of carboxylic acids is 1. The van der Waals surface area contributed by atoms with Crippen LogP contribution in [0.15, 0.2) is 47.7 Å². The SMILES string of the molecule is Cc1ccc2c(c1)NC(=O)/C2=C1\NC2C=C(C(=O)O)C=CC2C1=O. The molecule has 1 aromatic carbocycles. The van der Waals surface area contributed by atoms with Crippen molar-refractivity contribution in [2.24, 2.45) is 5.92 Å². The van der Waals surface area contributed by atoms with Gasteiger partial charge in [-0.3, -0.25) is 9.59 Å². The van der Waals surface area contributed by atoms with Crippen LogP contribution in [0.5, 0.6) is 0 Å². The number of aliphatic carboxylic acids is 1. The minimum absolute atomic E-state index is 0.134. The van der Waals surface area contributed by atoms with Crippen molar-refractivity contribution in [3.05, 3.63) is 58.8 Å². The number of nitrogens with one attached hydrogen (secondary N) is 2. The molecule has 0 saturated carbocycles. The Labute approximate surface area is 137 Å². The molecular weight excluding hydrogens is 308 g/mol. The molecule has 1 amide bonds. The summed E-state index contributed by atoms with van der Waals surface area (Å²) >= 11 is 0. The van der Waals surface area contributed by atoms with Crippen LogP contribution in [-0.2, 0) is 14.4 Å². The smallest absolute Gasteiger partial charge is 0.335 e. The Morgan fingerprint density at radius 1 is 1.25 bits per heavy atom. The highest BCUT2D eigenvalue weighted by atomic mass is 16.4. The third-order valence-corrected chi connectivity index (χ3v) is 4.51. The minimum atomic E-state index is -1.04. The predicted molar refractivity (Wildman–Crippen MR) is 87.0 cm³/mol. The molecular formula is C18H14N2O4. The number of allylic oxidation sites excluding steroid dienone is 1. The zero-order valence-electron chi connectivity index (χ0n) is 12.8. The molecule has 2 aliphatic heterocycles. The van der Waals surface area contributed by atoms with Gasteiger partial charge in [-0.05, 0) is 24.6 Å². The maximum atomic E-state index is 12.7. The van der Waals surface area contributed by atoms with Gasteiger partial charge in [0.05, 0.1) is 28.8 Å². The predicted octanol–water partition coefficient (Wildman–Crippen LogP) is 1.40. The second kappa shape index (κ2) is 4.92. The number of carbonyl (C=O) groups is 3. The largest absolute Gasteiger partial charge is 0.478 e. The van der Waals surface area contributed by atoms with Crippen molar-refractivity contribution in [3.63, 3.8) is 0 Å². The van der Waals surface area contributed by atoms with Gasteiger partial charge in [-0.15, -0.1) is 0 Å². The molecule has 0 aromatic heterocycles. The molecule has 1 saturated heterocycles. The number of benzene rings is 1. The summed E-state index contributed by atoms with van der Waals surface area (Å²) in [5.74, 6) is -2.05. The lowest BCUT2D eigenvalue weighted by Gasteiger charge is -2.15. The average Bonchev–Trinajstić information content (AvgIpc) is 3.02. The van der Waals surface area contributed by atoms with Gasteiger partial charge >= 0.3 is 5.97 Å². The van der Waals surface area contributed by atoms with Gasteiger partial charge in [0.15, 0.2) is 5.78 Å². The standard InChI is InChI=1S/C18H14N2O4/c1-8-2-4-10-12(6-8)20-17(22)14(10)15-16(21)11-5-3-9(18(23)24)7-13(11)19-15/h2-7,11,13,19H,1H3,(H,20,22)(H,23,24)/b15-14-. The van der Waals surface area contributed by atoms with Crippen LogP contribution < -0.4 is 10.6 Å². The summed E-state index contributed by atoms with van der Waals surface area (Å²) in [6.07, 6.45) is 4.53. The molecule has 6 nitrogen and oxygen atoms in total. The molecule has 120 valence electrons. The molecule has 1 fully saturated rings. The molecule has 24 heavy (non-hydrogen) atoms. The number of hydrogen-bond donors (Lipinski definition) is 3. The van der Waals surface area contributed by atoms with Crippen LogP contribution in [0.1, 0.15) is 11.1 Å². The molecule has 4 rings (SSSR count). The van der Waals surface area contributed by atoms with E-state index >= 15 is 0 Å². The van der Waals surface area contributed by atoms with Crippen molar-refractivity contribution < 1.29 is 19.5 Å². The molecule has 1 aromatic rings. The van der Waals surface area contributed by atoms with E-state index in [0.29, 0.717) is 16.8 Å². The molecule has 3 N–H and O–H groups in total. The molecule has 0 bridgehead atoms. The van der Waals surface area contributed by atoms with Crippen molar-refractivity contribution >= 4 is 28.9 Å². The first-order valence-corrected chi connectivity index (χ1v) is 7.56. The van der Waals surface area contributed by atoms with Gasteiger partial charge in [-0.2, -0.15) is 0 Å². The van der Waals surface area contributed by atoms with Crippen LogP contribution in [0, 0.1) is 12.8 Å². The van der Waals surface area contributed by atoms with Crippen LogP contribution >= 0.6 is 0 Å². The summed E-state index contributed by atoms with van der Waals surface area (Å²) in [5, 5.41) is 14.9. The first-order valence-electron chi connectivity index (χ1n) is 7.56. The highest BCUT2D eigenvalue weighted by Crippen LogP contribution is 2.38. The molecule has 0 radical (unpaired) electrons. The van der Waals surface area contributed by atoms with Crippen molar-refractivity contribution in [1.29, 1.82) is 0 Å². The Morgan fingerprint density at radius 3 is 2.79 bits per heavy atom. The van der Waals surface area contributed by atoms with E-state index in [2.05, 4.69) is 10.6 Å². The molecule has 2 heterocycles. The van der Waals surface area contributed by atoms with Crippen LogP contribution in [0.2, 0.25) is 0 Å². The third-order valence-electron chi connectivity index (χ3n) is 4.51. The highest BCUT2D eigenvalue weighted by Gasteiger charge is 2.42. The average molecular weight is 322 g/mol. The van der Waals surface area contributed by atoms with E-state index in [9.17, 15) is 14.4 Å². The number of Topliss-reactive ketones (excluding diaryl/α,β-unsaturated/α-hetero) is 1. The van der Waals surface area contributed by atoms with E-state index in [1.165, 1.54) is 12.2 Å². The maximum Gasteiger partial charge on any atom is 0.335 e. The summed E-state index contributed by atoms with van der Waals surface area (Å²) in [7, 11) is 0. The van der Waals surface area contributed by atoms with Crippen LogP contribution in [0.4, 0.5) is 5.69 Å². The van der Waals surface area contributed by atoms with E-state index in [1.807, 2.05) is 25.1 Å². The Balaban J connectivity index is 1.80. The number of amides is 1. The quantitative estimate of drug-likeness (QED) is 0.679. The lowest BCUT2D eigenvalue weighted by molar-refractivity contribution is -0.132. The number of aryl methyl sites for hydroxylation is 1. The molecule has 1 aliphatic carbocycles. The summed E-state index contributed by atoms with van der Waals surface area (Å²) in [4.78, 5) is 36.2. The zero-order chi connectivity index (χ0) is 17.0. The second-order valence-electron chi connectivity index (χ2n) is 6.10. The lowest BCUT2D eigenvalue weighted by Crippen LogP contribution is -2.27. The molecule has 0 spiro atoms.